The molecule has 1 aromatic carbocycles. The van der Waals surface area contributed by atoms with Gasteiger partial charge in [0, 0.05) is 58.4 Å². The Hall–Kier alpha value is -3.07. The zero-order chi connectivity index (χ0) is 22.7. The van der Waals surface area contributed by atoms with Gasteiger partial charge < -0.3 is 29.1 Å². The molecule has 9 heteroatoms. The Morgan fingerprint density at radius 2 is 1.47 bits per heavy atom. The molecule has 172 valence electrons. The van der Waals surface area contributed by atoms with Crippen molar-refractivity contribution in [1.29, 1.82) is 0 Å². The van der Waals surface area contributed by atoms with Crippen LogP contribution in [-0.4, -0.2) is 99.3 Å². The lowest BCUT2D eigenvalue weighted by atomic mass is 10.1. The molecule has 2 aliphatic heterocycles. The van der Waals surface area contributed by atoms with Gasteiger partial charge in [0.15, 0.2) is 11.5 Å². The number of aryl methyl sites for hydroxylation is 1. The molecule has 2 saturated heterocycles. The summed E-state index contributed by atoms with van der Waals surface area (Å²) in [6.45, 7) is 8.62. The minimum absolute atomic E-state index is 0.0441. The van der Waals surface area contributed by atoms with Gasteiger partial charge in [-0.3, -0.25) is 4.79 Å². The molecule has 2 fully saturated rings. The Balaban J connectivity index is 1.45. The topological polar surface area (TPSA) is 74.3 Å². The maximum Gasteiger partial charge on any atom is 0.257 e. The summed E-state index contributed by atoms with van der Waals surface area (Å²) in [5.41, 5.74) is 0.524. The van der Waals surface area contributed by atoms with E-state index in [1.165, 1.54) is 0 Å². The van der Waals surface area contributed by atoms with E-state index < -0.39 is 0 Å². The van der Waals surface area contributed by atoms with Crippen molar-refractivity contribution < 1.29 is 14.3 Å². The van der Waals surface area contributed by atoms with Crippen molar-refractivity contribution in [1.82, 2.24) is 19.8 Å². The molecule has 0 saturated carbocycles. The summed E-state index contributed by atoms with van der Waals surface area (Å²) >= 11 is 0. The van der Waals surface area contributed by atoms with Crippen LogP contribution in [0.3, 0.4) is 0 Å². The fourth-order valence-corrected chi connectivity index (χ4v) is 4.26. The molecular weight excluding hydrogens is 408 g/mol. The molecule has 0 N–H and O–H groups in total. The molecule has 2 aliphatic rings. The number of anilines is 2. The van der Waals surface area contributed by atoms with Gasteiger partial charge in [-0.2, -0.15) is 0 Å². The van der Waals surface area contributed by atoms with Gasteiger partial charge in [0.25, 0.3) is 5.91 Å². The quantitative estimate of drug-likeness (QED) is 0.693. The Kier molecular flexibility index (Phi) is 6.64. The molecule has 0 unspecified atom stereocenters. The van der Waals surface area contributed by atoms with Crippen molar-refractivity contribution in [3.8, 4) is 11.5 Å². The van der Waals surface area contributed by atoms with Gasteiger partial charge in [-0.05, 0) is 26.1 Å². The molecule has 3 heterocycles. The monoisotopic (exact) mass is 440 g/mol. The van der Waals surface area contributed by atoms with Gasteiger partial charge in [-0.25, -0.2) is 9.97 Å². The van der Waals surface area contributed by atoms with Gasteiger partial charge in [0.05, 0.1) is 19.8 Å². The standard InChI is InChI=1S/C23H32N6O3/c1-17-24-20(27-10-8-26(2)9-11-27)16-21(25-17)28-12-14-29(15-13-28)23(30)18-6-5-7-19(31-3)22(18)32-4/h5-7,16H,8-15H2,1-4H3. The molecule has 0 radical (unpaired) electrons. The van der Waals surface area contributed by atoms with Crippen LogP contribution in [-0.2, 0) is 0 Å². The molecule has 0 spiro atoms. The van der Waals surface area contributed by atoms with Crippen LogP contribution in [0.25, 0.3) is 0 Å². The Bertz CT molecular complexity index is 953. The minimum atomic E-state index is -0.0441. The average Bonchev–Trinajstić information content (AvgIpc) is 2.83. The molecule has 0 bridgehead atoms. The van der Waals surface area contributed by atoms with E-state index in [0.29, 0.717) is 30.2 Å². The number of aromatic nitrogens is 2. The predicted octanol–water partition coefficient (Wildman–Crippen LogP) is 1.52. The van der Waals surface area contributed by atoms with Crippen LogP contribution in [0.5, 0.6) is 11.5 Å². The second kappa shape index (κ2) is 9.60. The number of hydrogen-bond donors (Lipinski definition) is 0. The number of nitrogens with zero attached hydrogens (tertiary/aromatic N) is 6. The maximum atomic E-state index is 13.2. The zero-order valence-electron chi connectivity index (χ0n) is 19.4. The van der Waals surface area contributed by atoms with Gasteiger partial charge >= 0.3 is 0 Å². The van der Waals surface area contributed by atoms with E-state index in [0.717, 1.165) is 56.7 Å². The number of carbonyl (C=O) groups excluding carboxylic acids is 1. The molecule has 2 aromatic rings. The van der Waals surface area contributed by atoms with Crippen molar-refractivity contribution in [2.75, 3.05) is 83.4 Å². The van der Waals surface area contributed by atoms with Crippen LogP contribution >= 0.6 is 0 Å². The third-order valence-electron chi connectivity index (χ3n) is 6.16. The number of para-hydroxylation sites is 1. The summed E-state index contributed by atoms with van der Waals surface area (Å²) in [5, 5.41) is 0. The zero-order valence-corrected chi connectivity index (χ0v) is 19.4. The number of piperazine rings is 2. The van der Waals surface area contributed by atoms with Gasteiger partial charge in [0.2, 0.25) is 0 Å². The lowest BCUT2D eigenvalue weighted by Gasteiger charge is -2.37. The first-order valence-corrected chi connectivity index (χ1v) is 11.0. The second-order valence-corrected chi connectivity index (χ2v) is 8.24. The van der Waals surface area contributed by atoms with Crippen LogP contribution < -0.4 is 19.3 Å². The van der Waals surface area contributed by atoms with Crippen LogP contribution in [0.1, 0.15) is 16.2 Å². The van der Waals surface area contributed by atoms with Crippen molar-refractivity contribution in [3.63, 3.8) is 0 Å². The molecule has 4 rings (SSSR count). The normalized spacial score (nSPS) is 17.4. The maximum absolute atomic E-state index is 13.2. The first-order valence-electron chi connectivity index (χ1n) is 11.0. The lowest BCUT2D eigenvalue weighted by molar-refractivity contribution is 0.0742. The number of ether oxygens (including phenoxy) is 2. The van der Waals surface area contributed by atoms with E-state index in [2.05, 4.69) is 37.8 Å². The van der Waals surface area contributed by atoms with Gasteiger partial charge in [-0.15, -0.1) is 0 Å². The van der Waals surface area contributed by atoms with Crippen molar-refractivity contribution >= 4 is 17.5 Å². The highest BCUT2D eigenvalue weighted by atomic mass is 16.5. The molecule has 1 aromatic heterocycles. The summed E-state index contributed by atoms with van der Waals surface area (Å²) in [5.74, 6) is 3.68. The van der Waals surface area contributed by atoms with Crippen LogP contribution in [0.2, 0.25) is 0 Å². The highest BCUT2D eigenvalue weighted by Crippen LogP contribution is 2.32. The highest BCUT2D eigenvalue weighted by Gasteiger charge is 2.27. The number of methoxy groups -OCH3 is 2. The number of likely N-dealkylation sites (N-methyl/N-ethyl adjacent to an activating group) is 1. The SMILES string of the molecule is COc1cccc(C(=O)N2CCN(c3cc(N4CCN(C)CC4)nc(C)n3)CC2)c1OC. The minimum Gasteiger partial charge on any atom is -0.493 e. The summed E-state index contributed by atoms with van der Waals surface area (Å²) in [7, 11) is 5.28. The third kappa shape index (κ3) is 4.57. The number of rotatable bonds is 5. The summed E-state index contributed by atoms with van der Waals surface area (Å²) in [6.07, 6.45) is 0. The van der Waals surface area contributed by atoms with Gasteiger partial charge in [-0.1, -0.05) is 6.07 Å². The first kappa shape index (κ1) is 22.1. The number of hydrogen-bond acceptors (Lipinski definition) is 8. The van der Waals surface area contributed by atoms with Crippen molar-refractivity contribution in [3.05, 3.63) is 35.7 Å². The fraction of sp³-hybridized carbons (Fsp3) is 0.522. The van der Waals surface area contributed by atoms with E-state index >= 15 is 0 Å². The molecule has 0 atom stereocenters. The summed E-state index contributed by atoms with van der Waals surface area (Å²) in [4.78, 5) is 31.3. The number of benzene rings is 1. The molecular formula is C23H32N6O3. The van der Waals surface area contributed by atoms with Crippen molar-refractivity contribution in [2.24, 2.45) is 0 Å². The summed E-state index contributed by atoms with van der Waals surface area (Å²) in [6, 6.07) is 7.48. The molecule has 1 amide bonds. The smallest absolute Gasteiger partial charge is 0.257 e. The second-order valence-electron chi connectivity index (χ2n) is 8.24. The first-order chi connectivity index (χ1) is 15.5. The Morgan fingerprint density at radius 1 is 0.875 bits per heavy atom. The van der Waals surface area contributed by atoms with Crippen LogP contribution in [0.15, 0.2) is 24.3 Å². The largest absolute Gasteiger partial charge is 0.493 e. The third-order valence-corrected chi connectivity index (χ3v) is 6.16. The van der Waals surface area contributed by atoms with Gasteiger partial charge in [0.1, 0.15) is 17.5 Å². The highest BCUT2D eigenvalue weighted by molar-refractivity contribution is 5.98. The lowest BCUT2D eigenvalue weighted by Crippen LogP contribution is -2.49. The van der Waals surface area contributed by atoms with E-state index in [1.807, 2.05) is 17.9 Å². The Morgan fingerprint density at radius 3 is 2.03 bits per heavy atom. The molecule has 32 heavy (non-hydrogen) atoms. The van der Waals surface area contributed by atoms with E-state index in [9.17, 15) is 4.79 Å². The fourth-order valence-electron chi connectivity index (χ4n) is 4.26. The number of carbonyl (C=O) groups is 1. The molecule has 0 aliphatic carbocycles. The van der Waals surface area contributed by atoms with Crippen LogP contribution in [0.4, 0.5) is 11.6 Å². The average molecular weight is 441 g/mol. The van der Waals surface area contributed by atoms with E-state index in [1.54, 1.807) is 26.4 Å². The van der Waals surface area contributed by atoms with Crippen LogP contribution in [0, 0.1) is 6.92 Å². The number of amides is 1. The Labute approximate surface area is 189 Å². The van der Waals surface area contributed by atoms with E-state index in [4.69, 9.17) is 9.47 Å². The predicted molar refractivity (Wildman–Crippen MR) is 124 cm³/mol. The molecule has 9 nitrogen and oxygen atoms in total. The van der Waals surface area contributed by atoms with E-state index in [-0.39, 0.29) is 5.91 Å². The van der Waals surface area contributed by atoms with Crippen molar-refractivity contribution in [2.45, 2.75) is 6.92 Å². The summed E-state index contributed by atoms with van der Waals surface area (Å²) < 4.78 is 10.8.